The van der Waals surface area contributed by atoms with Crippen molar-refractivity contribution < 1.29 is 23.4 Å². The minimum atomic E-state index is -0.00676. The zero-order chi connectivity index (χ0) is 22.4. The van der Waals surface area contributed by atoms with Crippen molar-refractivity contribution in [3.05, 3.63) is 65.2 Å². The van der Waals surface area contributed by atoms with Crippen molar-refractivity contribution in [1.82, 2.24) is 4.98 Å². The third-order valence-corrected chi connectivity index (χ3v) is 5.71. The maximum atomic E-state index is 12.9. The van der Waals surface area contributed by atoms with Crippen LogP contribution in [0.4, 0.5) is 5.69 Å². The van der Waals surface area contributed by atoms with Crippen molar-refractivity contribution in [2.24, 2.45) is 0 Å². The number of fused-ring (bicyclic) bond motifs is 2. The van der Waals surface area contributed by atoms with Crippen molar-refractivity contribution in [3.63, 3.8) is 0 Å². The number of carbonyl (C=O) groups is 1. The van der Waals surface area contributed by atoms with E-state index in [4.69, 9.17) is 23.6 Å². The predicted octanol–water partition coefficient (Wildman–Crippen LogP) is 4.99. The van der Waals surface area contributed by atoms with E-state index < -0.39 is 0 Å². The number of nitrogens with zero attached hydrogens (tertiary/aromatic N) is 2. The monoisotopic (exact) mass is 430 g/mol. The van der Waals surface area contributed by atoms with Gasteiger partial charge in [-0.15, -0.1) is 0 Å². The number of amides is 1. The summed E-state index contributed by atoms with van der Waals surface area (Å²) < 4.78 is 22.4. The van der Waals surface area contributed by atoms with Crippen molar-refractivity contribution in [2.45, 2.75) is 13.5 Å². The highest BCUT2D eigenvalue weighted by molar-refractivity contribution is 6.10. The van der Waals surface area contributed by atoms with Crippen LogP contribution in [-0.4, -0.2) is 32.2 Å². The number of benzene rings is 3. The van der Waals surface area contributed by atoms with Gasteiger partial charge >= 0.3 is 0 Å². The maximum Gasteiger partial charge on any atom is 0.258 e. The molecule has 0 atom stereocenters. The lowest BCUT2D eigenvalue weighted by Gasteiger charge is -2.16. The average Bonchev–Trinajstić information content (AvgIpc) is 3.40. The van der Waals surface area contributed by atoms with E-state index in [2.05, 4.69) is 0 Å². The summed E-state index contributed by atoms with van der Waals surface area (Å²) in [6.07, 6.45) is 0. The third-order valence-electron chi connectivity index (χ3n) is 5.71. The molecule has 0 bridgehead atoms. The Morgan fingerprint density at radius 1 is 0.969 bits per heavy atom. The number of aryl methyl sites for hydroxylation is 1. The summed E-state index contributed by atoms with van der Waals surface area (Å²) in [4.78, 5) is 19.4. The predicted molar refractivity (Wildman–Crippen MR) is 121 cm³/mol. The lowest BCUT2D eigenvalue weighted by Crippen LogP contribution is -2.23. The van der Waals surface area contributed by atoms with E-state index in [-0.39, 0.29) is 5.91 Å². The molecule has 0 spiro atoms. The number of hydrogen-bond donors (Lipinski definition) is 0. The Hall–Kier alpha value is -4.00. The number of ether oxygens (including phenoxy) is 3. The van der Waals surface area contributed by atoms with Gasteiger partial charge in [-0.05, 0) is 48.4 Å². The van der Waals surface area contributed by atoms with Gasteiger partial charge in [0.15, 0.2) is 17.1 Å². The average molecular weight is 430 g/mol. The molecule has 7 heteroatoms. The minimum Gasteiger partial charge on any atom is -0.493 e. The highest BCUT2D eigenvalue weighted by Crippen LogP contribution is 2.42. The Morgan fingerprint density at radius 3 is 2.34 bits per heavy atom. The molecule has 0 aliphatic carbocycles. The molecule has 1 aliphatic heterocycles. The summed E-state index contributed by atoms with van der Waals surface area (Å²) in [5, 5.41) is 0. The van der Waals surface area contributed by atoms with Gasteiger partial charge in [-0.2, -0.15) is 0 Å². The number of carbonyl (C=O) groups excluding carboxylic acids is 1. The molecule has 5 rings (SSSR count). The van der Waals surface area contributed by atoms with Gasteiger partial charge in [0.25, 0.3) is 5.91 Å². The molecular weight excluding hydrogens is 408 g/mol. The first-order valence-corrected chi connectivity index (χ1v) is 10.2. The zero-order valence-electron chi connectivity index (χ0n) is 18.3. The topological polar surface area (TPSA) is 74.0 Å². The quantitative estimate of drug-likeness (QED) is 0.444. The summed E-state index contributed by atoms with van der Waals surface area (Å²) in [6.45, 7) is 2.49. The lowest BCUT2D eigenvalue weighted by atomic mass is 10.1. The molecule has 32 heavy (non-hydrogen) atoms. The fourth-order valence-corrected chi connectivity index (χ4v) is 4.13. The van der Waals surface area contributed by atoms with Crippen molar-refractivity contribution in [2.75, 3.05) is 26.2 Å². The molecule has 0 fully saturated rings. The molecule has 0 radical (unpaired) electrons. The van der Waals surface area contributed by atoms with Crippen molar-refractivity contribution >= 4 is 22.7 Å². The van der Waals surface area contributed by atoms with Gasteiger partial charge in [-0.1, -0.05) is 18.2 Å². The first-order chi connectivity index (χ1) is 15.5. The van der Waals surface area contributed by atoms with Crippen molar-refractivity contribution in [1.29, 1.82) is 0 Å². The van der Waals surface area contributed by atoms with E-state index in [1.807, 2.05) is 43.3 Å². The summed E-state index contributed by atoms with van der Waals surface area (Å²) in [7, 11) is 4.69. The van der Waals surface area contributed by atoms with Crippen LogP contribution < -0.4 is 19.1 Å². The number of hydrogen-bond acceptors (Lipinski definition) is 6. The van der Waals surface area contributed by atoms with Crippen LogP contribution in [0.5, 0.6) is 17.2 Å². The molecule has 7 nitrogen and oxygen atoms in total. The Labute approximate surface area is 185 Å². The van der Waals surface area contributed by atoms with Gasteiger partial charge in [-0.3, -0.25) is 4.79 Å². The molecule has 0 saturated carbocycles. The maximum absolute atomic E-state index is 12.9. The van der Waals surface area contributed by atoms with E-state index in [0.29, 0.717) is 46.3 Å². The standard InChI is InChI=1S/C25H22N2O5/c1-14-9-17(27-13-15-7-5-6-8-18(15)25(27)28)12-19-22(14)32-24(26-19)16-10-20(29-2)23(31-4)21(11-16)30-3/h5-12H,13H2,1-4H3. The number of rotatable bonds is 5. The summed E-state index contributed by atoms with van der Waals surface area (Å²) in [5.74, 6) is 1.95. The molecule has 0 N–H and O–H groups in total. The highest BCUT2D eigenvalue weighted by Gasteiger charge is 2.29. The van der Waals surface area contributed by atoms with Gasteiger partial charge < -0.3 is 23.5 Å². The molecule has 1 aliphatic rings. The minimum absolute atomic E-state index is 0.00676. The number of aromatic nitrogens is 1. The van der Waals surface area contributed by atoms with Crippen LogP contribution in [0.3, 0.4) is 0 Å². The van der Waals surface area contributed by atoms with Crippen LogP contribution in [0, 0.1) is 6.92 Å². The van der Waals surface area contributed by atoms with Gasteiger partial charge in [-0.25, -0.2) is 4.98 Å². The Balaban J connectivity index is 1.58. The van der Waals surface area contributed by atoms with Crippen LogP contribution in [0.25, 0.3) is 22.6 Å². The lowest BCUT2D eigenvalue weighted by molar-refractivity contribution is 0.0996. The normalized spacial score (nSPS) is 12.9. The Morgan fingerprint density at radius 2 is 1.69 bits per heavy atom. The van der Waals surface area contributed by atoms with E-state index in [0.717, 1.165) is 22.4 Å². The highest BCUT2D eigenvalue weighted by atomic mass is 16.5. The number of anilines is 1. The van der Waals surface area contributed by atoms with Crippen molar-refractivity contribution in [3.8, 4) is 28.7 Å². The largest absolute Gasteiger partial charge is 0.493 e. The van der Waals surface area contributed by atoms with Crippen LogP contribution >= 0.6 is 0 Å². The molecular formula is C25H22N2O5. The molecule has 2 heterocycles. The van der Waals surface area contributed by atoms with Gasteiger partial charge in [0.1, 0.15) is 5.52 Å². The fraction of sp³-hybridized carbons (Fsp3) is 0.200. The summed E-state index contributed by atoms with van der Waals surface area (Å²) in [5.41, 5.74) is 5.49. The SMILES string of the molecule is COc1cc(-c2nc3cc(N4Cc5ccccc5C4=O)cc(C)c3o2)cc(OC)c1OC. The van der Waals surface area contributed by atoms with Crippen LogP contribution in [0.1, 0.15) is 21.5 Å². The third kappa shape index (κ3) is 3.05. The van der Waals surface area contributed by atoms with Crippen LogP contribution in [-0.2, 0) is 6.54 Å². The summed E-state index contributed by atoms with van der Waals surface area (Å²) >= 11 is 0. The van der Waals surface area contributed by atoms with Gasteiger partial charge in [0, 0.05) is 16.8 Å². The Kier molecular flexibility index (Phi) is 4.74. The Bertz CT molecular complexity index is 1330. The fourth-order valence-electron chi connectivity index (χ4n) is 4.13. The molecule has 1 amide bonds. The second kappa shape index (κ2) is 7.60. The van der Waals surface area contributed by atoms with Gasteiger partial charge in [0.2, 0.25) is 11.6 Å². The first-order valence-electron chi connectivity index (χ1n) is 10.2. The molecule has 1 aromatic heterocycles. The van der Waals surface area contributed by atoms with Crippen LogP contribution in [0.15, 0.2) is 52.9 Å². The molecule has 0 saturated heterocycles. The smallest absolute Gasteiger partial charge is 0.258 e. The van der Waals surface area contributed by atoms with E-state index in [1.165, 1.54) is 0 Å². The molecule has 0 unspecified atom stereocenters. The first kappa shape index (κ1) is 19.9. The van der Waals surface area contributed by atoms with E-state index in [9.17, 15) is 4.79 Å². The molecule has 3 aromatic carbocycles. The second-order valence-corrected chi connectivity index (χ2v) is 7.59. The van der Waals surface area contributed by atoms with E-state index in [1.54, 1.807) is 38.4 Å². The molecule has 4 aromatic rings. The van der Waals surface area contributed by atoms with Crippen LogP contribution in [0.2, 0.25) is 0 Å². The van der Waals surface area contributed by atoms with E-state index >= 15 is 0 Å². The molecule has 162 valence electrons. The second-order valence-electron chi connectivity index (χ2n) is 7.59. The van der Waals surface area contributed by atoms with Gasteiger partial charge in [0.05, 0.1) is 27.9 Å². The number of methoxy groups -OCH3 is 3. The zero-order valence-corrected chi connectivity index (χ0v) is 18.3. The number of oxazole rings is 1. The summed E-state index contributed by atoms with van der Waals surface area (Å²) in [6, 6.07) is 15.1.